The highest BCUT2D eigenvalue weighted by atomic mass is 16.2. The maximum atomic E-state index is 14.2. The molecule has 14 nitrogen and oxygen atoms in total. The van der Waals surface area contributed by atoms with Gasteiger partial charge in [0.25, 0.3) is 5.91 Å². The molecule has 1 saturated heterocycles. The van der Waals surface area contributed by atoms with Gasteiger partial charge >= 0.3 is 6.03 Å². The second-order valence-corrected chi connectivity index (χ2v) is 17.5. The fraction of sp³-hybridized carbons (Fsp3) is 0.667. The molecule has 1 aromatic rings. The number of likely N-dealkylation sites (tertiary alicyclic amines) is 1. The zero-order chi connectivity index (χ0) is 38.9. The van der Waals surface area contributed by atoms with Crippen molar-refractivity contribution in [1.29, 1.82) is 0 Å². The average Bonchev–Trinajstić information content (AvgIpc) is 3.90. The van der Waals surface area contributed by atoms with Crippen molar-refractivity contribution in [3.05, 3.63) is 35.9 Å². The number of fused-ring (bicyclic) bond motifs is 1. The topological polar surface area (TPSA) is 186 Å². The van der Waals surface area contributed by atoms with E-state index in [4.69, 9.17) is 0 Å². The monoisotopic (exact) mass is 746 g/mol. The summed E-state index contributed by atoms with van der Waals surface area (Å²) in [5, 5.41) is 13.5. The SMILES string of the molecule is C.CN(C)C(=O)[C@@H](NC(=O)CNC(=O)C(=O)C(CC1CC1)NC(=O)C1[C@@H]2[C@H](CN1C(=O)[C@@H](NC(=O)NC(C)(C)C)C(C)(C)C)C2(C)C)c1ccccc1.[HH].[HH].[HH]. The first-order valence-corrected chi connectivity index (χ1v) is 18.1. The first-order valence-electron chi connectivity index (χ1n) is 18.1. The Morgan fingerprint density at radius 2 is 1.53 bits per heavy atom. The molecule has 300 valence electrons. The normalized spacial score (nSPS) is 21.7. The maximum absolute atomic E-state index is 14.2. The number of Topliss-reactive ketones (excluding diaryl/α,β-unsaturated/α-hetero) is 1. The highest BCUT2D eigenvalue weighted by Gasteiger charge is 2.70. The number of rotatable bonds is 13. The molecule has 14 heteroatoms. The Hall–Kier alpha value is -4.49. The largest absolute Gasteiger partial charge is 0.347 e. The van der Waals surface area contributed by atoms with Gasteiger partial charge in [0, 0.05) is 30.5 Å². The van der Waals surface area contributed by atoms with Crippen LogP contribution in [-0.4, -0.2) is 102 Å². The van der Waals surface area contributed by atoms with Gasteiger partial charge in [-0.3, -0.25) is 28.8 Å². The second-order valence-electron chi connectivity index (χ2n) is 17.5. The van der Waals surface area contributed by atoms with Crippen LogP contribution in [0.15, 0.2) is 30.3 Å². The Labute approximate surface area is 318 Å². The van der Waals surface area contributed by atoms with E-state index in [1.807, 2.05) is 55.4 Å². The molecule has 0 aromatic heterocycles. The summed E-state index contributed by atoms with van der Waals surface area (Å²) in [5.74, 6) is -3.87. The molecule has 5 N–H and O–H groups in total. The first-order chi connectivity index (χ1) is 24.0. The van der Waals surface area contributed by atoms with E-state index in [2.05, 4.69) is 26.6 Å². The zero-order valence-corrected chi connectivity index (χ0v) is 32.2. The van der Waals surface area contributed by atoms with E-state index in [9.17, 15) is 33.6 Å². The summed E-state index contributed by atoms with van der Waals surface area (Å²) in [6, 6.07) is 4.16. The van der Waals surface area contributed by atoms with Crippen molar-refractivity contribution < 1.29 is 37.8 Å². The lowest BCUT2D eigenvalue weighted by molar-refractivity contribution is -0.145. The van der Waals surface area contributed by atoms with Gasteiger partial charge in [-0.25, -0.2) is 4.79 Å². The zero-order valence-electron chi connectivity index (χ0n) is 32.2. The molecular formula is C39H67N7O7. The van der Waals surface area contributed by atoms with Crippen LogP contribution < -0.4 is 26.6 Å². The van der Waals surface area contributed by atoms with Crippen LogP contribution in [-0.2, 0) is 28.8 Å². The lowest BCUT2D eigenvalue weighted by Crippen LogP contribution is -2.62. The van der Waals surface area contributed by atoms with Crippen LogP contribution in [0.25, 0.3) is 0 Å². The lowest BCUT2D eigenvalue weighted by atomic mass is 9.85. The molecule has 7 amide bonds. The Kier molecular flexibility index (Phi) is 13.2. The number of carbonyl (C=O) groups excluding carboxylic acids is 7. The Morgan fingerprint density at radius 1 is 0.925 bits per heavy atom. The van der Waals surface area contributed by atoms with Crippen molar-refractivity contribution in [2.45, 2.75) is 112 Å². The molecule has 1 heterocycles. The summed E-state index contributed by atoms with van der Waals surface area (Å²) in [4.78, 5) is 96.6. The van der Waals surface area contributed by atoms with Gasteiger partial charge in [-0.2, -0.15) is 0 Å². The molecule has 4 rings (SSSR count). The summed E-state index contributed by atoms with van der Waals surface area (Å²) >= 11 is 0. The molecule has 0 spiro atoms. The number of ketones is 1. The number of piperidine rings is 1. The molecular weight excluding hydrogens is 678 g/mol. The van der Waals surface area contributed by atoms with Crippen molar-refractivity contribution in [1.82, 2.24) is 36.4 Å². The Morgan fingerprint density at radius 3 is 2.06 bits per heavy atom. The number of nitrogens with zero attached hydrogens (tertiary/aromatic N) is 2. The minimum Gasteiger partial charge on any atom is -0.347 e. The van der Waals surface area contributed by atoms with Gasteiger partial charge in [-0.15, -0.1) is 0 Å². The van der Waals surface area contributed by atoms with Gasteiger partial charge < -0.3 is 36.4 Å². The molecule has 2 unspecified atom stereocenters. The number of urea groups is 1. The number of likely N-dealkylation sites (N-methyl/N-ethyl adjacent to an activating group) is 1. The Balaban J connectivity index is 0.00000756. The van der Waals surface area contributed by atoms with Crippen molar-refractivity contribution in [2.75, 3.05) is 27.2 Å². The van der Waals surface area contributed by atoms with Crippen LogP contribution in [0.4, 0.5) is 4.79 Å². The Bertz CT molecular complexity index is 1580. The summed E-state index contributed by atoms with van der Waals surface area (Å²) in [7, 11) is 3.13. The number of hydrogen-bond acceptors (Lipinski definition) is 7. The number of nitrogens with one attached hydrogen (secondary N) is 5. The number of carbonyl (C=O) groups is 7. The fourth-order valence-electron chi connectivity index (χ4n) is 7.12. The smallest absolute Gasteiger partial charge is 0.315 e. The van der Waals surface area contributed by atoms with Gasteiger partial charge in [-0.1, -0.05) is 85.2 Å². The van der Waals surface area contributed by atoms with E-state index in [1.165, 1.54) is 9.80 Å². The molecule has 2 aliphatic carbocycles. The first kappa shape index (κ1) is 42.9. The van der Waals surface area contributed by atoms with Crippen LogP contribution in [0.1, 0.15) is 98.0 Å². The third kappa shape index (κ3) is 10.6. The number of hydrogen-bond donors (Lipinski definition) is 5. The van der Waals surface area contributed by atoms with Crippen molar-refractivity contribution in [3.63, 3.8) is 0 Å². The van der Waals surface area contributed by atoms with Gasteiger partial charge in [0.1, 0.15) is 18.1 Å². The van der Waals surface area contributed by atoms with Crippen LogP contribution in [0.3, 0.4) is 0 Å². The van der Waals surface area contributed by atoms with E-state index in [0.717, 1.165) is 12.8 Å². The summed E-state index contributed by atoms with van der Waals surface area (Å²) in [5.41, 5.74) is -0.890. The maximum Gasteiger partial charge on any atom is 0.315 e. The van der Waals surface area contributed by atoms with Gasteiger partial charge in [-0.05, 0) is 61.3 Å². The number of amides is 7. The average molecular weight is 746 g/mol. The molecule has 53 heavy (non-hydrogen) atoms. The third-order valence-electron chi connectivity index (χ3n) is 10.3. The fourth-order valence-corrected chi connectivity index (χ4v) is 7.12. The number of benzene rings is 1. The lowest BCUT2D eigenvalue weighted by Gasteiger charge is -2.38. The predicted octanol–water partition coefficient (Wildman–Crippen LogP) is 3.27. The third-order valence-corrected chi connectivity index (χ3v) is 10.3. The van der Waals surface area contributed by atoms with E-state index >= 15 is 0 Å². The minimum atomic E-state index is -1.16. The molecule has 2 saturated carbocycles. The predicted molar refractivity (Wildman–Crippen MR) is 207 cm³/mol. The molecule has 1 aromatic carbocycles. The summed E-state index contributed by atoms with van der Waals surface area (Å²) in [6.45, 7) is 14.9. The quantitative estimate of drug-likeness (QED) is 0.192. The molecule has 1 aliphatic heterocycles. The van der Waals surface area contributed by atoms with E-state index in [0.29, 0.717) is 12.1 Å². The standard InChI is InChI=1S/C38H57N7O7.CH4.3H2/c1-36(2,3)30(42-35(52)43-37(4,5)6)34(51)45-20-23-26(38(23,7)8)28(45)31(48)40-24(18-21-16-17-21)29(47)32(49)39-19-25(46)41-27(33(50)44(9)10)22-14-12-11-13-15-22;;;;/h11-15,21,23-24,26-28,30H,16-20H2,1-10H3,(H,39,49)(H,40,48)(H,41,46)(H2,42,43,52);1H4;3*1H/t23-,24?,26-,27-,28?,30+;;;;/m0..../s1. The molecule has 3 fully saturated rings. The minimum absolute atomic E-state index is 0. The van der Waals surface area contributed by atoms with Crippen LogP contribution in [0, 0.1) is 28.6 Å². The van der Waals surface area contributed by atoms with Crippen LogP contribution in [0.5, 0.6) is 0 Å². The second kappa shape index (κ2) is 16.3. The van der Waals surface area contributed by atoms with Gasteiger partial charge in [0.2, 0.25) is 29.4 Å². The van der Waals surface area contributed by atoms with E-state index < -0.39 is 77.1 Å². The summed E-state index contributed by atoms with van der Waals surface area (Å²) < 4.78 is 0. The van der Waals surface area contributed by atoms with Crippen molar-refractivity contribution in [3.8, 4) is 0 Å². The highest BCUT2D eigenvalue weighted by molar-refractivity contribution is 6.38. The van der Waals surface area contributed by atoms with Crippen LogP contribution in [0.2, 0.25) is 0 Å². The molecule has 0 radical (unpaired) electrons. The van der Waals surface area contributed by atoms with Crippen molar-refractivity contribution in [2.24, 2.45) is 28.6 Å². The van der Waals surface area contributed by atoms with Crippen LogP contribution >= 0.6 is 0 Å². The van der Waals surface area contributed by atoms with E-state index in [1.54, 1.807) is 44.4 Å². The van der Waals surface area contributed by atoms with Crippen molar-refractivity contribution >= 4 is 41.4 Å². The highest BCUT2D eigenvalue weighted by Crippen LogP contribution is 2.65. The van der Waals surface area contributed by atoms with Gasteiger partial charge in [0.05, 0.1) is 12.6 Å². The molecule has 6 atom stereocenters. The molecule has 0 bridgehead atoms. The summed E-state index contributed by atoms with van der Waals surface area (Å²) in [6.07, 6.45) is 1.95. The molecule has 3 aliphatic rings. The van der Waals surface area contributed by atoms with E-state index in [-0.39, 0.29) is 47.2 Å². The van der Waals surface area contributed by atoms with Gasteiger partial charge in [0.15, 0.2) is 0 Å².